The minimum absolute atomic E-state index is 0.0988. The maximum atomic E-state index is 13.2. The molecule has 2 saturated heterocycles. The standard InChI is InChI=1S/C26H32N4O9S2/c1-40(33,34)21-4-2-3-19(11-21)37-16-18(31)14-29-25(32)39-20-13-26(38-17-20)6-9-30(10-7-26)41(35,36)22-12-24-23(28-15-22)5-8-27-24/h2-5,8,11-12,15,18,20,27,31H,6-7,9-10,13-14,16-17H2,1H3,(H,29,32)/t18-,20+/m0/s1. The van der Waals surface area contributed by atoms with E-state index in [0.29, 0.717) is 30.3 Å². The number of amides is 1. The van der Waals surface area contributed by atoms with E-state index in [9.17, 15) is 26.7 Å². The first-order valence-corrected chi connectivity index (χ1v) is 16.4. The molecule has 0 saturated carbocycles. The van der Waals surface area contributed by atoms with E-state index in [4.69, 9.17) is 14.2 Å². The van der Waals surface area contributed by atoms with Crippen LogP contribution in [0.2, 0.25) is 0 Å². The number of hydrogen-bond donors (Lipinski definition) is 3. The molecule has 4 heterocycles. The molecule has 2 fully saturated rings. The molecular formula is C26H32N4O9S2. The first-order valence-electron chi connectivity index (χ1n) is 13.1. The van der Waals surface area contributed by atoms with Crippen LogP contribution in [-0.2, 0) is 29.3 Å². The molecule has 0 unspecified atom stereocenters. The predicted molar refractivity (Wildman–Crippen MR) is 147 cm³/mol. The van der Waals surface area contributed by atoms with Gasteiger partial charge in [-0.2, -0.15) is 4.31 Å². The molecule has 0 aliphatic carbocycles. The summed E-state index contributed by atoms with van der Waals surface area (Å²) in [4.78, 5) is 19.7. The van der Waals surface area contributed by atoms with Gasteiger partial charge in [-0.05, 0) is 43.2 Å². The molecule has 0 radical (unpaired) electrons. The largest absolute Gasteiger partial charge is 0.491 e. The highest BCUT2D eigenvalue weighted by Crippen LogP contribution is 2.38. The van der Waals surface area contributed by atoms with Crippen LogP contribution in [0.1, 0.15) is 19.3 Å². The number of nitrogens with zero attached hydrogens (tertiary/aromatic N) is 2. The van der Waals surface area contributed by atoms with Crippen molar-refractivity contribution in [1.82, 2.24) is 19.6 Å². The van der Waals surface area contributed by atoms with E-state index in [1.54, 1.807) is 24.4 Å². The SMILES string of the molecule is CS(=O)(=O)c1cccc(OC[C@@H](O)CNC(=O)O[C@H]2COC3(CCN(S(=O)(=O)c4cnc5cc[nH]c5c4)CC3)C2)c1. The van der Waals surface area contributed by atoms with Gasteiger partial charge in [0.25, 0.3) is 0 Å². The first kappa shape index (κ1) is 29.3. The lowest BCUT2D eigenvalue weighted by molar-refractivity contribution is -0.0325. The molecule has 13 nitrogen and oxygen atoms in total. The number of benzene rings is 1. The number of aliphatic hydroxyl groups excluding tert-OH is 1. The minimum Gasteiger partial charge on any atom is -0.491 e. The van der Waals surface area contributed by atoms with Crippen LogP contribution < -0.4 is 10.1 Å². The van der Waals surface area contributed by atoms with Crippen LogP contribution in [0, 0.1) is 0 Å². The van der Waals surface area contributed by atoms with Crippen LogP contribution in [0.25, 0.3) is 11.0 Å². The Morgan fingerprint density at radius 1 is 1.22 bits per heavy atom. The number of ether oxygens (including phenoxy) is 3. The van der Waals surface area contributed by atoms with Crippen molar-refractivity contribution in [3.8, 4) is 5.75 Å². The Hall–Kier alpha value is -3.24. The second-order valence-electron chi connectivity index (χ2n) is 10.3. The maximum Gasteiger partial charge on any atom is 0.407 e. The first-order chi connectivity index (χ1) is 19.4. The molecule has 3 aromatic rings. The molecule has 2 aromatic heterocycles. The fourth-order valence-electron chi connectivity index (χ4n) is 5.01. The molecule has 2 aliphatic rings. The number of alkyl carbamates (subject to hydrolysis) is 1. The van der Waals surface area contributed by atoms with Gasteiger partial charge in [-0.1, -0.05) is 6.07 Å². The average Bonchev–Trinajstić information content (AvgIpc) is 3.57. The summed E-state index contributed by atoms with van der Waals surface area (Å²) in [7, 11) is -7.11. The lowest BCUT2D eigenvalue weighted by atomic mass is 9.89. The molecule has 2 aliphatic heterocycles. The van der Waals surface area contributed by atoms with Crippen LogP contribution in [0.4, 0.5) is 4.79 Å². The average molecular weight is 609 g/mol. The van der Waals surface area contributed by atoms with Crippen LogP contribution in [0.3, 0.4) is 0 Å². The van der Waals surface area contributed by atoms with Gasteiger partial charge in [-0.3, -0.25) is 4.98 Å². The quantitative estimate of drug-likeness (QED) is 0.322. The topological polar surface area (TPSA) is 177 Å². The highest BCUT2D eigenvalue weighted by molar-refractivity contribution is 7.90. The summed E-state index contributed by atoms with van der Waals surface area (Å²) >= 11 is 0. The number of pyridine rings is 1. The molecular weight excluding hydrogens is 576 g/mol. The van der Waals surface area contributed by atoms with Crippen LogP contribution in [0.15, 0.2) is 58.6 Å². The number of sulfone groups is 1. The summed E-state index contributed by atoms with van der Waals surface area (Å²) in [5.41, 5.74) is 0.763. The van der Waals surface area contributed by atoms with Crippen LogP contribution in [-0.4, -0.2) is 99.2 Å². The number of aromatic nitrogens is 2. The number of rotatable bonds is 9. The molecule has 0 bridgehead atoms. The number of piperidine rings is 1. The number of carbonyl (C=O) groups excluding carboxylic acids is 1. The van der Waals surface area contributed by atoms with Crippen molar-refractivity contribution < 1.29 is 40.9 Å². The zero-order valence-electron chi connectivity index (χ0n) is 22.4. The summed E-state index contributed by atoms with van der Waals surface area (Å²) in [6.07, 6.45) is 3.23. The Kier molecular flexibility index (Phi) is 8.25. The summed E-state index contributed by atoms with van der Waals surface area (Å²) in [5, 5.41) is 12.7. The van der Waals surface area contributed by atoms with Crippen molar-refractivity contribution in [3.05, 3.63) is 48.8 Å². The van der Waals surface area contributed by atoms with Crippen LogP contribution >= 0.6 is 0 Å². The van der Waals surface area contributed by atoms with Crippen molar-refractivity contribution >= 4 is 37.0 Å². The Bertz CT molecular complexity index is 1620. The van der Waals surface area contributed by atoms with Gasteiger partial charge in [0.15, 0.2) is 9.84 Å². The van der Waals surface area contributed by atoms with Crippen molar-refractivity contribution in [1.29, 1.82) is 0 Å². The fraction of sp³-hybridized carbons (Fsp3) is 0.462. The van der Waals surface area contributed by atoms with Crippen molar-refractivity contribution in [2.24, 2.45) is 0 Å². The summed E-state index contributed by atoms with van der Waals surface area (Å²) < 4.78 is 68.0. The van der Waals surface area contributed by atoms with Gasteiger partial charge in [0.2, 0.25) is 10.0 Å². The van der Waals surface area contributed by atoms with E-state index < -0.39 is 43.8 Å². The van der Waals surface area contributed by atoms with Crippen molar-refractivity contribution in [2.45, 2.75) is 46.9 Å². The molecule has 15 heteroatoms. The third kappa shape index (κ3) is 6.81. The maximum absolute atomic E-state index is 13.2. The number of sulfonamides is 1. The summed E-state index contributed by atoms with van der Waals surface area (Å²) in [6, 6.07) is 9.26. The number of hydrogen-bond acceptors (Lipinski definition) is 10. The van der Waals surface area contributed by atoms with E-state index >= 15 is 0 Å². The molecule has 222 valence electrons. The van der Waals surface area contributed by atoms with Gasteiger partial charge in [0.05, 0.1) is 34.7 Å². The Balaban J connectivity index is 1.05. The molecule has 1 amide bonds. The number of H-pyrrole nitrogens is 1. The molecule has 1 spiro atoms. The van der Waals surface area contributed by atoms with E-state index in [-0.39, 0.29) is 48.4 Å². The van der Waals surface area contributed by atoms with Gasteiger partial charge in [0, 0.05) is 38.2 Å². The zero-order valence-corrected chi connectivity index (χ0v) is 24.0. The third-order valence-corrected chi connectivity index (χ3v) is 10.2. The van der Waals surface area contributed by atoms with E-state index in [1.165, 1.54) is 28.7 Å². The zero-order chi connectivity index (χ0) is 29.3. The second kappa shape index (κ2) is 11.6. The number of fused-ring (bicyclic) bond motifs is 1. The molecule has 41 heavy (non-hydrogen) atoms. The van der Waals surface area contributed by atoms with E-state index in [2.05, 4.69) is 15.3 Å². The normalized spacial score (nSPS) is 20.2. The Morgan fingerprint density at radius 3 is 2.76 bits per heavy atom. The smallest absolute Gasteiger partial charge is 0.407 e. The Labute approximate surface area is 237 Å². The lowest BCUT2D eigenvalue weighted by Gasteiger charge is -2.37. The molecule has 1 aromatic carbocycles. The number of aromatic amines is 1. The molecule has 2 atom stereocenters. The molecule has 5 rings (SSSR count). The second-order valence-corrected chi connectivity index (χ2v) is 14.3. The number of aliphatic hydroxyl groups is 1. The Morgan fingerprint density at radius 2 is 2.00 bits per heavy atom. The highest BCUT2D eigenvalue weighted by atomic mass is 32.2. The summed E-state index contributed by atoms with van der Waals surface area (Å²) in [6.45, 7) is 0.416. The van der Waals surface area contributed by atoms with Crippen molar-refractivity contribution in [2.75, 3.05) is 39.1 Å². The number of carbonyl (C=O) groups is 1. The van der Waals surface area contributed by atoms with E-state index in [0.717, 1.165) is 6.26 Å². The molecule has 3 N–H and O–H groups in total. The predicted octanol–water partition coefficient (Wildman–Crippen LogP) is 1.44. The van der Waals surface area contributed by atoms with Crippen LogP contribution in [0.5, 0.6) is 5.75 Å². The van der Waals surface area contributed by atoms with Gasteiger partial charge in [-0.15, -0.1) is 0 Å². The summed E-state index contributed by atoms with van der Waals surface area (Å²) in [5.74, 6) is 0.278. The van der Waals surface area contributed by atoms with Gasteiger partial charge in [-0.25, -0.2) is 21.6 Å². The highest BCUT2D eigenvalue weighted by Gasteiger charge is 2.46. The van der Waals surface area contributed by atoms with Gasteiger partial charge in [0.1, 0.15) is 29.5 Å². The van der Waals surface area contributed by atoms with Gasteiger partial charge >= 0.3 is 6.09 Å². The number of nitrogens with one attached hydrogen (secondary N) is 2. The van der Waals surface area contributed by atoms with Crippen molar-refractivity contribution in [3.63, 3.8) is 0 Å². The van der Waals surface area contributed by atoms with E-state index in [1.807, 2.05) is 0 Å². The lowest BCUT2D eigenvalue weighted by Crippen LogP contribution is -2.46. The minimum atomic E-state index is -3.72. The third-order valence-electron chi connectivity index (χ3n) is 7.25. The van der Waals surface area contributed by atoms with Gasteiger partial charge < -0.3 is 29.6 Å². The fourth-order valence-corrected chi connectivity index (χ4v) is 7.08. The monoisotopic (exact) mass is 608 g/mol.